The summed E-state index contributed by atoms with van der Waals surface area (Å²) in [4.78, 5) is 11.8. The second-order valence-electron chi connectivity index (χ2n) is 4.09. The summed E-state index contributed by atoms with van der Waals surface area (Å²) in [6, 6.07) is 5.23. The molecule has 7 nitrogen and oxygen atoms in total. The smallest absolute Gasteiger partial charge is 0.246 e. The molecule has 0 fully saturated rings. The van der Waals surface area contributed by atoms with Crippen LogP contribution in [0.3, 0.4) is 0 Å². The van der Waals surface area contributed by atoms with Crippen LogP contribution in [0.25, 0.3) is 0 Å². The van der Waals surface area contributed by atoms with Gasteiger partial charge in [-0.2, -0.15) is 5.10 Å². The average molecular weight is 260 g/mol. The zero-order valence-corrected chi connectivity index (χ0v) is 10.00. The van der Waals surface area contributed by atoms with Crippen molar-refractivity contribution < 1.29 is 14.3 Å². The SMILES string of the molecule is Nc1cnn(CC(=O)Nc2ccc3c(c2)OCO3)c1. The number of hydrogen-bond acceptors (Lipinski definition) is 5. The lowest BCUT2D eigenvalue weighted by Gasteiger charge is -2.06. The molecule has 0 atom stereocenters. The van der Waals surface area contributed by atoms with Gasteiger partial charge in [0, 0.05) is 18.0 Å². The summed E-state index contributed by atoms with van der Waals surface area (Å²) in [5.74, 6) is 1.11. The Kier molecular flexibility index (Phi) is 2.71. The van der Waals surface area contributed by atoms with Crippen molar-refractivity contribution in [1.29, 1.82) is 0 Å². The van der Waals surface area contributed by atoms with E-state index < -0.39 is 0 Å². The Morgan fingerprint density at radius 3 is 3.05 bits per heavy atom. The molecule has 1 aromatic carbocycles. The number of hydrogen-bond donors (Lipinski definition) is 2. The molecule has 0 spiro atoms. The van der Waals surface area contributed by atoms with Crippen LogP contribution >= 0.6 is 0 Å². The van der Waals surface area contributed by atoms with Crippen LogP contribution in [-0.4, -0.2) is 22.5 Å². The Morgan fingerprint density at radius 1 is 1.42 bits per heavy atom. The second kappa shape index (κ2) is 4.52. The van der Waals surface area contributed by atoms with Crippen molar-refractivity contribution in [1.82, 2.24) is 9.78 Å². The largest absolute Gasteiger partial charge is 0.454 e. The molecule has 0 saturated carbocycles. The number of amides is 1. The van der Waals surface area contributed by atoms with Gasteiger partial charge in [0.15, 0.2) is 11.5 Å². The molecule has 0 radical (unpaired) electrons. The van der Waals surface area contributed by atoms with Gasteiger partial charge in [-0.1, -0.05) is 0 Å². The molecule has 1 amide bonds. The number of nitrogens with one attached hydrogen (secondary N) is 1. The number of carbonyl (C=O) groups is 1. The zero-order valence-electron chi connectivity index (χ0n) is 10.00. The van der Waals surface area contributed by atoms with Crippen LogP contribution in [-0.2, 0) is 11.3 Å². The lowest BCUT2D eigenvalue weighted by molar-refractivity contribution is -0.116. The van der Waals surface area contributed by atoms with E-state index in [2.05, 4.69) is 10.4 Å². The minimum atomic E-state index is -0.193. The van der Waals surface area contributed by atoms with Crippen molar-refractivity contribution in [3.8, 4) is 11.5 Å². The van der Waals surface area contributed by atoms with Crippen LogP contribution in [0.15, 0.2) is 30.6 Å². The third-order valence-corrected chi connectivity index (χ3v) is 2.62. The molecule has 0 unspecified atom stereocenters. The molecule has 19 heavy (non-hydrogen) atoms. The highest BCUT2D eigenvalue weighted by atomic mass is 16.7. The van der Waals surface area contributed by atoms with E-state index in [1.54, 1.807) is 24.4 Å². The number of carbonyl (C=O) groups excluding carboxylic acids is 1. The topological polar surface area (TPSA) is 91.4 Å². The summed E-state index contributed by atoms with van der Waals surface area (Å²) in [5.41, 5.74) is 6.69. The summed E-state index contributed by atoms with van der Waals surface area (Å²) >= 11 is 0. The number of nitrogens with two attached hydrogens (primary N) is 1. The van der Waals surface area contributed by atoms with E-state index >= 15 is 0 Å². The van der Waals surface area contributed by atoms with Crippen molar-refractivity contribution in [3.05, 3.63) is 30.6 Å². The van der Waals surface area contributed by atoms with Crippen LogP contribution in [0.4, 0.5) is 11.4 Å². The van der Waals surface area contributed by atoms with Crippen LogP contribution in [0.5, 0.6) is 11.5 Å². The second-order valence-corrected chi connectivity index (χ2v) is 4.09. The average Bonchev–Trinajstić information content (AvgIpc) is 2.97. The molecule has 1 aliphatic rings. The number of rotatable bonds is 3. The third kappa shape index (κ3) is 2.44. The first-order chi connectivity index (χ1) is 9.20. The maximum Gasteiger partial charge on any atom is 0.246 e. The number of fused-ring (bicyclic) bond motifs is 1. The highest BCUT2D eigenvalue weighted by Crippen LogP contribution is 2.34. The molecule has 98 valence electrons. The highest BCUT2D eigenvalue weighted by molar-refractivity contribution is 5.90. The van der Waals surface area contributed by atoms with Crippen molar-refractivity contribution in [2.45, 2.75) is 6.54 Å². The van der Waals surface area contributed by atoms with Gasteiger partial charge in [-0.3, -0.25) is 9.48 Å². The Morgan fingerprint density at radius 2 is 2.26 bits per heavy atom. The van der Waals surface area contributed by atoms with Gasteiger partial charge in [-0.05, 0) is 12.1 Å². The van der Waals surface area contributed by atoms with Crippen LogP contribution in [0, 0.1) is 0 Å². The molecule has 0 bridgehead atoms. The molecule has 0 aliphatic carbocycles. The van der Waals surface area contributed by atoms with Gasteiger partial charge in [0.25, 0.3) is 0 Å². The van der Waals surface area contributed by atoms with E-state index in [0.717, 1.165) is 0 Å². The van der Waals surface area contributed by atoms with Gasteiger partial charge in [0.05, 0.1) is 11.9 Å². The van der Waals surface area contributed by atoms with Crippen molar-refractivity contribution >= 4 is 17.3 Å². The summed E-state index contributed by atoms with van der Waals surface area (Å²) in [5, 5.41) is 6.69. The first kappa shape index (κ1) is 11.4. The fraction of sp³-hybridized carbons (Fsp3) is 0.167. The van der Waals surface area contributed by atoms with Crippen LogP contribution < -0.4 is 20.5 Å². The number of aromatic nitrogens is 2. The van der Waals surface area contributed by atoms with Gasteiger partial charge in [-0.15, -0.1) is 0 Å². The molecule has 7 heteroatoms. The number of anilines is 2. The van der Waals surface area contributed by atoms with Gasteiger partial charge in [0.1, 0.15) is 6.54 Å². The summed E-state index contributed by atoms with van der Waals surface area (Å²) in [6.07, 6.45) is 3.09. The van der Waals surface area contributed by atoms with E-state index in [0.29, 0.717) is 22.9 Å². The Bertz CT molecular complexity index is 623. The van der Waals surface area contributed by atoms with E-state index in [-0.39, 0.29) is 19.2 Å². The minimum Gasteiger partial charge on any atom is -0.454 e. The van der Waals surface area contributed by atoms with Gasteiger partial charge in [0.2, 0.25) is 12.7 Å². The quantitative estimate of drug-likeness (QED) is 0.853. The maximum atomic E-state index is 11.8. The molecule has 1 aliphatic heterocycles. The number of nitrogen functional groups attached to an aromatic ring is 1. The Hall–Kier alpha value is -2.70. The van der Waals surface area contributed by atoms with Gasteiger partial charge in [-0.25, -0.2) is 0 Å². The van der Waals surface area contributed by atoms with Crippen LogP contribution in [0.2, 0.25) is 0 Å². The van der Waals surface area contributed by atoms with Gasteiger partial charge < -0.3 is 20.5 Å². The number of nitrogens with zero attached hydrogens (tertiary/aromatic N) is 2. The third-order valence-electron chi connectivity index (χ3n) is 2.62. The molecular formula is C12H12N4O3. The van der Waals surface area contributed by atoms with Gasteiger partial charge >= 0.3 is 0 Å². The summed E-state index contributed by atoms with van der Waals surface area (Å²) in [6.45, 7) is 0.310. The Labute approximate surface area is 108 Å². The predicted molar refractivity (Wildman–Crippen MR) is 67.8 cm³/mol. The van der Waals surface area contributed by atoms with E-state index in [1.807, 2.05) is 0 Å². The molecule has 3 N–H and O–H groups in total. The highest BCUT2D eigenvalue weighted by Gasteiger charge is 2.14. The number of benzene rings is 1. The number of ether oxygens (including phenoxy) is 2. The summed E-state index contributed by atoms with van der Waals surface area (Å²) < 4.78 is 11.9. The van der Waals surface area contributed by atoms with Crippen molar-refractivity contribution in [3.63, 3.8) is 0 Å². The molecule has 2 aromatic rings. The normalized spacial score (nSPS) is 12.4. The van der Waals surface area contributed by atoms with Crippen LogP contribution in [0.1, 0.15) is 0 Å². The van der Waals surface area contributed by atoms with E-state index in [9.17, 15) is 4.79 Å². The summed E-state index contributed by atoms with van der Waals surface area (Å²) in [7, 11) is 0. The zero-order chi connectivity index (χ0) is 13.2. The molecule has 2 heterocycles. The monoisotopic (exact) mass is 260 g/mol. The molecule has 1 aromatic heterocycles. The minimum absolute atomic E-state index is 0.103. The lowest BCUT2D eigenvalue weighted by atomic mass is 10.3. The lowest BCUT2D eigenvalue weighted by Crippen LogP contribution is -2.18. The first-order valence-corrected chi connectivity index (χ1v) is 5.68. The standard InChI is InChI=1S/C12H12N4O3/c13-8-4-14-16(5-8)6-12(17)15-9-1-2-10-11(3-9)19-7-18-10/h1-5H,6-7,13H2,(H,15,17). The first-order valence-electron chi connectivity index (χ1n) is 5.68. The van der Waals surface area contributed by atoms with Crippen molar-refractivity contribution in [2.24, 2.45) is 0 Å². The molecule has 3 rings (SSSR count). The van der Waals surface area contributed by atoms with E-state index in [1.165, 1.54) is 10.9 Å². The van der Waals surface area contributed by atoms with E-state index in [4.69, 9.17) is 15.2 Å². The molecular weight excluding hydrogens is 248 g/mol. The predicted octanol–water partition coefficient (Wildman–Crippen LogP) is 0.833. The Balaban J connectivity index is 1.66. The fourth-order valence-electron chi connectivity index (χ4n) is 1.79. The van der Waals surface area contributed by atoms with Crippen molar-refractivity contribution in [2.75, 3.05) is 17.8 Å². The molecule has 0 saturated heterocycles. The fourth-order valence-corrected chi connectivity index (χ4v) is 1.79. The maximum absolute atomic E-state index is 11.8.